The number of anilines is 3. The molecule has 6 heteroatoms. The van der Waals surface area contributed by atoms with Crippen molar-refractivity contribution < 1.29 is 9.84 Å². The Hall–Kier alpha value is -3.28. The minimum absolute atomic E-state index is 0.0964. The normalized spacial score (nSPS) is 10.4. The summed E-state index contributed by atoms with van der Waals surface area (Å²) in [5.41, 5.74) is 3.57. The Bertz CT molecular complexity index is 881. The molecule has 0 unspecified atom stereocenters. The Morgan fingerprint density at radius 3 is 2.68 bits per heavy atom. The molecule has 0 fully saturated rings. The first-order valence-electron chi connectivity index (χ1n) is 7.81. The van der Waals surface area contributed by atoms with Crippen LogP contribution in [0.15, 0.2) is 54.7 Å². The van der Waals surface area contributed by atoms with Crippen molar-refractivity contribution in [3.8, 4) is 22.8 Å². The van der Waals surface area contributed by atoms with Gasteiger partial charge in [-0.3, -0.25) is 0 Å². The van der Waals surface area contributed by atoms with Gasteiger partial charge in [-0.1, -0.05) is 6.07 Å². The zero-order chi connectivity index (χ0) is 17.8. The third-order valence-electron chi connectivity index (χ3n) is 3.75. The highest BCUT2D eigenvalue weighted by molar-refractivity contribution is 5.66. The van der Waals surface area contributed by atoms with Crippen LogP contribution in [0.4, 0.5) is 17.3 Å². The summed E-state index contributed by atoms with van der Waals surface area (Å²) in [7, 11) is 5.51. The van der Waals surface area contributed by atoms with Gasteiger partial charge in [0.05, 0.1) is 12.8 Å². The molecule has 2 aromatic carbocycles. The number of ether oxygens (including phenoxy) is 1. The van der Waals surface area contributed by atoms with Gasteiger partial charge in [0.25, 0.3) is 0 Å². The van der Waals surface area contributed by atoms with Gasteiger partial charge >= 0.3 is 0 Å². The van der Waals surface area contributed by atoms with Crippen LogP contribution < -0.4 is 15.0 Å². The number of phenolic OH excluding ortho intramolecular Hbond substituents is 1. The van der Waals surface area contributed by atoms with E-state index in [1.54, 1.807) is 24.4 Å². The van der Waals surface area contributed by atoms with E-state index in [-0.39, 0.29) is 5.75 Å². The maximum Gasteiger partial charge on any atom is 0.227 e. The fraction of sp³-hybridized carbons (Fsp3) is 0.158. The molecule has 3 rings (SSSR count). The lowest BCUT2D eigenvalue weighted by molar-refractivity contribution is 0.373. The second-order valence-electron chi connectivity index (χ2n) is 5.72. The Balaban J connectivity index is 1.88. The van der Waals surface area contributed by atoms with Gasteiger partial charge in [-0.2, -0.15) is 0 Å². The average Bonchev–Trinajstić information content (AvgIpc) is 2.62. The van der Waals surface area contributed by atoms with Crippen LogP contribution in [0.25, 0.3) is 11.3 Å². The number of aromatic hydroxyl groups is 1. The highest BCUT2D eigenvalue weighted by Gasteiger charge is 2.07. The van der Waals surface area contributed by atoms with Crippen molar-refractivity contribution >= 4 is 17.3 Å². The second-order valence-corrected chi connectivity index (χ2v) is 5.72. The topological polar surface area (TPSA) is 70.5 Å². The number of benzene rings is 2. The zero-order valence-corrected chi connectivity index (χ0v) is 14.4. The summed E-state index contributed by atoms with van der Waals surface area (Å²) in [4.78, 5) is 10.9. The van der Waals surface area contributed by atoms with E-state index in [0.29, 0.717) is 11.7 Å². The van der Waals surface area contributed by atoms with Crippen LogP contribution in [-0.4, -0.2) is 36.3 Å². The predicted octanol–water partition coefficient (Wildman–Crippen LogP) is 3.67. The van der Waals surface area contributed by atoms with Crippen molar-refractivity contribution in [3.63, 3.8) is 0 Å². The van der Waals surface area contributed by atoms with Crippen molar-refractivity contribution in [3.05, 3.63) is 54.7 Å². The zero-order valence-electron chi connectivity index (χ0n) is 14.4. The number of rotatable bonds is 5. The van der Waals surface area contributed by atoms with Gasteiger partial charge in [-0.15, -0.1) is 0 Å². The quantitative estimate of drug-likeness (QED) is 0.741. The van der Waals surface area contributed by atoms with E-state index >= 15 is 0 Å². The molecule has 0 aliphatic heterocycles. The van der Waals surface area contributed by atoms with E-state index in [1.807, 2.05) is 49.3 Å². The molecule has 0 aliphatic rings. The first-order chi connectivity index (χ1) is 12.1. The molecule has 1 aromatic heterocycles. The Labute approximate surface area is 146 Å². The first kappa shape index (κ1) is 16.6. The van der Waals surface area contributed by atoms with Crippen LogP contribution in [0.5, 0.6) is 11.5 Å². The molecule has 0 atom stereocenters. The Morgan fingerprint density at radius 2 is 1.92 bits per heavy atom. The van der Waals surface area contributed by atoms with Crippen molar-refractivity contribution in [1.82, 2.24) is 9.97 Å². The number of hydrogen-bond donors (Lipinski definition) is 2. The van der Waals surface area contributed by atoms with E-state index in [1.165, 1.54) is 7.11 Å². The lowest BCUT2D eigenvalue weighted by Crippen LogP contribution is -2.08. The molecule has 0 saturated carbocycles. The monoisotopic (exact) mass is 336 g/mol. The lowest BCUT2D eigenvalue weighted by Gasteiger charge is -2.14. The summed E-state index contributed by atoms with van der Waals surface area (Å²) in [6, 6.07) is 14.9. The smallest absolute Gasteiger partial charge is 0.227 e. The molecule has 0 saturated heterocycles. The van der Waals surface area contributed by atoms with Gasteiger partial charge in [0.1, 0.15) is 0 Å². The Morgan fingerprint density at radius 1 is 1.08 bits per heavy atom. The number of phenols is 1. The third-order valence-corrected chi connectivity index (χ3v) is 3.75. The number of nitrogens with zero attached hydrogens (tertiary/aromatic N) is 3. The van der Waals surface area contributed by atoms with Crippen molar-refractivity contribution in [2.75, 3.05) is 31.4 Å². The third kappa shape index (κ3) is 3.80. The van der Waals surface area contributed by atoms with Crippen LogP contribution in [0.2, 0.25) is 0 Å². The summed E-state index contributed by atoms with van der Waals surface area (Å²) in [6.07, 6.45) is 1.69. The molecule has 6 nitrogen and oxygen atoms in total. The summed E-state index contributed by atoms with van der Waals surface area (Å²) in [5.74, 6) is 1.00. The summed E-state index contributed by atoms with van der Waals surface area (Å²) in [5, 5.41) is 12.9. The predicted molar refractivity (Wildman–Crippen MR) is 99.7 cm³/mol. The number of nitrogens with one attached hydrogen (secondary N) is 1. The number of methoxy groups -OCH3 is 1. The molecule has 2 N–H and O–H groups in total. The molecule has 0 amide bonds. The fourth-order valence-corrected chi connectivity index (χ4v) is 2.41. The molecule has 25 heavy (non-hydrogen) atoms. The molecule has 0 bridgehead atoms. The maximum atomic E-state index is 9.73. The SMILES string of the molecule is COc1cc(-c2ccnc(Nc3cccc(N(C)C)c3)n2)ccc1O. The maximum absolute atomic E-state index is 9.73. The van der Waals surface area contributed by atoms with Gasteiger partial charge in [0.15, 0.2) is 11.5 Å². The van der Waals surface area contributed by atoms with E-state index in [9.17, 15) is 5.11 Å². The molecule has 1 heterocycles. The lowest BCUT2D eigenvalue weighted by atomic mass is 10.1. The Kier molecular flexibility index (Phi) is 4.70. The summed E-state index contributed by atoms with van der Waals surface area (Å²) < 4.78 is 5.15. The van der Waals surface area contributed by atoms with Crippen molar-refractivity contribution in [2.24, 2.45) is 0 Å². The molecule has 128 valence electrons. The highest BCUT2D eigenvalue weighted by Crippen LogP contribution is 2.31. The largest absolute Gasteiger partial charge is 0.504 e. The van der Waals surface area contributed by atoms with Crippen LogP contribution in [0, 0.1) is 0 Å². The van der Waals surface area contributed by atoms with Crippen LogP contribution in [0.1, 0.15) is 0 Å². The molecule has 0 radical (unpaired) electrons. The van der Waals surface area contributed by atoms with E-state index < -0.39 is 0 Å². The minimum Gasteiger partial charge on any atom is -0.504 e. The summed E-state index contributed by atoms with van der Waals surface area (Å²) >= 11 is 0. The van der Waals surface area contributed by atoms with Crippen LogP contribution in [0.3, 0.4) is 0 Å². The van der Waals surface area contributed by atoms with Gasteiger partial charge in [-0.25, -0.2) is 9.97 Å². The minimum atomic E-state index is 0.0964. The first-order valence-corrected chi connectivity index (χ1v) is 7.81. The van der Waals surface area contributed by atoms with Gasteiger partial charge in [0.2, 0.25) is 5.95 Å². The standard InChI is InChI=1S/C19H20N4O2/c1-23(2)15-6-4-5-14(12-15)21-19-20-10-9-16(22-19)13-7-8-17(24)18(11-13)25-3/h4-12,24H,1-3H3,(H,20,21,22). The van der Waals surface area contributed by atoms with E-state index in [2.05, 4.69) is 15.3 Å². The van der Waals surface area contributed by atoms with E-state index in [4.69, 9.17) is 4.74 Å². The van der Waals surface area contributed by atoms with Crippen molar-refractivity contribution in [2.45, 2.75) is 0 Å². The molecule has 0 aliphatic carbocycles. The number of hydrogen-bond acceptors (Lipinski definition) is 6. The van der Waals surface area contributed by atoms with Crippen LogP contribution in [-0.2, 0) is 0 Å². The van der Waals surface area contributed by atoms with Crippen molar-refractivity contribution in [1.29, 1.82) is 0 Å². The molecular weight excluding hydrogens is 316 g/mol. The molecule has 3 aromatic rings. The average molecular weight is 336 g/mol. The summed E-state index contributed by atoms with van der Waals surface area (Å²) in [6.45, 7) is 0. The van der Waals surface area contributed by atoms with Gasteiger partial charge in [0, 0.05) is 37.2 Å². The highest BCUT2D eigenvalue weighted by atomic mass is 16.5. The van der Waals surface area contributed by atoms with Gasteiger partial charge < -0.3 is 20.1 Å². The van der Waals surface area contributed by atoms with Gasteiger partial charge in [-0.05, 0) is 42.5 Å². The number of aromatic nitrogens is 2. The van der Waals surface area contributed by atoms with E-state index in [0.717, 1.165) is 22.6 Å². The fourth-order valence-electron chi connectivity index (χ4n) is 2.41. The molecule has 0 spiro atoms. The van der Waals surface area contributed by atoms with Crippen LogP contribution >= 0.6 is 0 Å². The second kappa shape index (κ2) is 7.09. The molecular formula is C19H20N4O2.